The van der Waals surface area contributed by atoms with Crippen molar-refractivity contribution in [2.75, 3.05) is 25.1 Å². The lowest BCUT2D eigenvalue weighted by Crippen LogP contribution is -2.20. The maximum Gasteiger partial charge on any atom is 0.310 e. The minimum absolute atomic E-state index is 0.100. The molecule has 2 aromatic rings. The fourth-order valence-corrected chi connectivity index (χ4v) is 2.13. The number of rotatable bonds is 9. The van der Waals surface area contributed by atoms with Crippen LogP contribution in [-0.2, 0) is 14.3 Å². The lowest BCUT2D eigenvalue weighted by atomic mass is 10.0. The average Bonchev–Trinajstić information content (AvgIpc) is 2.61. The molecule has 0 fully saturated rings. The van der Waals surface area contributed by atoms with Gasteiger partial charge in [-0.25, -0.2) is 0 Å². The number of carbonyl (C=O) groups is 2. The third-order valence-electron chi connectivity index (χ3n) is 3.51. The van der Waals surface area contributed by atoms with E-state index in [0.29, 0.717) is 24.5 Å². The molecule has 2 aromatic carbocycles. The molecule has 6 nitrogen and oxygen atoms in total. The Morgan fingerprint density at radius 2 is 1.84 bits per heavy atom. The zero-order valence-corrected chi connectivity index (χ0v) is 14.0. The first-order valence-electron chi connectivity index (χ1n) is 7.94. The average molecular weight is 343 g/mol. The maximum atomic E-state index is 11.9. The second-order valence-electron chi connectivity index (χ2n) is 5.45. The van der Waals surface area contributed by atoms with Crippen molar-refractivity contribution in [2.24, 2.45) is 0 Å². The molecule has 1 unspecified atom stereocenters. The van der Waals surface area contributed by atoms with Crippen molar-refractivity contribution in [3.8, 4) is 5.75 Å². The normalized spacial score (nSPS) is 11.6. The van der Waals surface area contributed by atoms with Crippen LogP contribution in [0.15, 0.2) is 54.6 Å². The number of hydrogen-bond acceptors (Lipinski definition) is 4. The summed E-state index contributed by atoms with van der Waals surface area (Å²) in [6, 6.07) is 16.1. The van der Waals surface area contributed by atoms with Gasteiger partial charge in [0.25, 0.3) is 0 Å². The molecule has 2 N–H and O–H groups in total. The number of carboxylic acid groups (broad SMARTS) is 1. The predicted molar refractivity (Wildman–Crippen MR) is 93.9 cm³/mol. The molecule has 0 radical (unpaired) electrons. The third kappa shape index (κ3) is 6.27. The van der Waals surface area contributed by atoms with Gasteiger partial charge >= 0.3 is 5.97 Å². The van der Waals surface area contributed by atoms with Gasteiger partial charge in [-0.3, -0.25) is 9.59 Å². The number of amides is 1. The van der Waals surface area contributed by atoms with Crippen molar-refractivity contribution in [2.45, 2.75) is 12.8 Å². The fraction of sp³-hybridized carbons (Fsp3) is 0.263. The summed E-state index contributed by atoms with van der Waals surface area (Å²) in [6.45, 7) is 2.14. The van der Waals surface area contributed by atoms with E-state index in [1.807, 2.05) is 30.3 Å². The van der Waals surface area contributed by atoms with Gasteiger partial charge in [-0.1, -0.05) is 30.3 Å². The summed E-state index contributed by atoms with van der Waals surface area (Å²) >= 11 is 0. The van der Waals surface area contributed by atoms with Crippen LogP contribution in [0.25, 0.3) is 0 Å². The molecule has 132 valence electrons. The molecule has 0 aromatic heterocycles. The maximum absolute atomic E-state index is 11.9. The highest BCUT2D eigenvalue weighted by Gasteiger charge is 2.14. The first kappa shape index (κ1) is 18.5. The lowest BCUT2D eigenvalue weighted by Gasteiger charge is -2.10. The second-order valence-corrected chi connectivity index (χ2v) is 5.45. The Hall–Kier alpha value is -2.86. The lowest BCUT2D eigenvalue weighted by molar-refractivity contribution is -0.138. The first-order chi connectivity index (χ1) is 12.1. The van der Waals surface area contributed by atoms with E-state index in [2.05, 4.69) is 5.32 Å². The Morgan fingerprint density at radius 1 is 1.08 bits per heavy atom. The van der Waals surface area contributed by atoms with Gasteiger partial charge in [0.2, 0.25) is 5.91 Å². The minimum Gasteiger partial charge on any atom is -0.491 e. The molecule has 0 aliphatic rings. The van der Waals surface area contributed by atoms with E-state index in [9.17, 15) is 9.59 Å². The quantitative estimate of drug-likeness (QED) is 0.684. The molecular weight excluding hydrogens is 322 g/mol. The van der Waals surface area contributed by atoms with Crippen LogP contribution < -0.4 is 10.1 Å². The molecule has 1 atom stereocenters. The van der Waals surface area contributed by atoms with E-state index < -0.39 is 11.9 Å². The van der Waals surface area contributed by atoms with Gasteiger partial charge in [0.05, 0.1) is 12.5 Å². The first-order valence-corrected chi connectivity index (χ1v) is 7.94. The SMILES string of the molecule is CC(C(=O)O)c1cccc(NC(=O)COCCOc2ccccc2)c1. The molecule has 0 heterocycles. The summed E-state index contributed by atoms with van der Waals surface area (Å²) in [4.78, 5) is 22.9. The summed E-state index contributed by atoms with van der Waals surface area (Å²) in [5.41, 5.74) is 1.17. The van der Waals surface area contributed by atoms with Crippen LogP contribution in [0.4, 0.5) is 5.69 Å². The number of hydrogen-bond donors (Lipinski definition) is 2. The Kier molecular flexibility index (Phi) is 6.98. The van der Waals surface area contributed by atoms with Crippen LogP contribution >= 0.6 is 0 Å². The van der Waals surface area contributed by atoms with E-state index in [4.69, 9.17) is 14.6 Å². The van der Waals surface area contributed by atoms with Crippen molar-refractivity contribution >= 4 is 17.6 Å². The van der Waals surface area contributed by atoms with Gasteiger partial charge in [0.1, 0.15) is 19.0 Å². The van der Waals surface area contributed by atoms with Crippen LogP contribution in [-0.4, -0.2) is 36.8 Å². The summed E-state index contributed by atoms with van der Waals surface area (Å²) in [7, 11) is 0. The van der Waals surface area contributed by atoms with Crippen molar-refractivity contribution in [1.29, 1.82) is 0 Å². The van der Waals surface area contributed by atoms with Crippen LogP contribution in [0.3, 0.4) is 0 Å². The molecule has 0 aliphatic heterocycles. The number of anilines is 1. The largest absolute Gasteiger partial charge is 0.491 e. The van der Waals surface area contributed by atoms with Gasteiger partial charge < -0.3 is 19.9 Å². The second kappa shape index (κ2) is 9.44. The van der Waals surface area contributed by atoms with Gasteiger partial charge in [0, 0.05) is 5.69 Å². The summed E-state index contributed by atoms with van der Waals surface area (Å²) in [5, 5.41) is 11.7. The molecular formula is C19H21NO5. The Morgan fingerprint density at radius 3 is 2.56 bits per heavy atom. The predicted octanol–water partition coefficient (Wildman–Crippen LogP) is 2.91. The van der Waals surface area contributed by atoms with Crippen LogP contribution in [0.2, 0.25) is 0 Å². The van der Waals surface area contributed by atoms with Crippen molar-refractivity contribution in [3.05, 3.63) is 60.2 Å². The minimum atomic E-state index is -0.912. The van der Waals surface area contributed by atoms with Gasteiger partial charge in [0.15, 0.2) is 0 Å². The number of carboxylic acids is 1. The fourth-order valence-electron chi connectivity index (χ4n) is 2.13. The molecule has 25 heavy (non-hydrogen) atoms. The number of ether oxygens (including phenoxy) is 2. The van der Waals surface area contributed by atoms with E-state index in [1.165, 1.54) is 0 Å². The third-order valence-corrected chi connectivity index (χ3v) is 3.51. The van der Waals surface area contributed by atoms with E-state index in [0.717, 1.165) is 5.75 Å². The molecule has 0 saturated carbocycles. The molecule has 1 amide bonds. The van der Waals surface area contributed by atoms with Crippen molar-refractivity contribution in [1.82, 2.24) is 0 Å². The van der Waals surface area contributed by atoms with E-state index in [-0.39, 0.29) is 12.5 Å². The van der Waals surface area contributed by atoms with Gasteiger partial charge in [-0.2, -0.15) is 0 Å². The number of benzene rings is 2. The van der Waals surface area contributed by atoms with Crippen molar-refractivity contribution in [3.63, 3.8) is 0 Å². The highest BCUT2D eigenvalue weighted by atomic mass is 16.5. The van der Waals surface area contributed by atoms with Crippen LogP contribution in [0.5, 0.6) is 5.75 Å². The summed E-state index contributed by atoms with van der Waals surface area (Å²) < 4.78 is 10.7. The number of para-hydroxylation sites is 1. The zero-order chi connectivity index (χ0) is 18.1. The van der Waals surface area contributed by atoms with E-state index >= 15 is 0 Å². The zero-order valence-electron chi connectivity index (χ0n) is 14.0. The summed E-state index contributed by atoms with van der Waals surface area (Å²) in [5.74, 6) is -1.10. The molecule has 2 rings (SSSR count). The molecule has 0 aliphatic carbocycles. The topological polar surface area (TPSA) is 84.9 Å². The Labute approximate surface area is 146 Å². The Balaban J connectivity index is 1.71. The number of carbonyl (C=O) groups excluding carboxylic acids is 1. The molecule has 0 spiro atoms. The number of aliphatic carboxylic acids is 1. The standard InChI is InChI=1S/C19H21NO5/c1-14(19(22)23)15-6-5-7-16(12-15)20-18(21)13-24-10-11-25-17-8-3-2-4-9-17/h2-9,12,14H,10-11,13H2,1H3,(H,20,21)(H,22,23). The van der Waals surface area contributed by atoms with Gasteiger partial charge in [-0.15, -0.1) is 0 Å². The highest BCUT2D eigenvalue weighted by Crippen LogP contribution is 2.19. The molecule has 6 heteroatoms. The van der Waals surface area contributed by atoms with Crippen LogP contribution in [0.1, 0.15) is 18.4 Å². The molecule has 0 bridgehead atoms. The van der Waals surface area contributed by atoms with E-state index in [1.54, 1.807) is 31.2 Å². The van der Waals surface area contributed by atoms with Crippen LogP contribution in [0, 0.1) is 0 Å². The van der Waals surface area contributed by atoms with Gasteiger partial charge in [-0.05, 0) is 36.8 Å². The highest BCUT2D eigenvalue weighted by molar-refractivity contribution is 5.92. The van der Waals surface area contributed by atoms with Crippen molar-refractivity contribution < 1.29 is 24.2 Å². The molecule has 0 saturated heterocycles. The summed E-state index contributed by atoms with van der Waals surface area (Å²) in [6.07, 6.45) is 0. The number of nitrogens with one attached hydrogen (secondary N) is 1. The monoisotopic (exact) mass is 343 g/mol. The Bertz CT molecular complexity index is 702. The smallest absolute Gasteiger partial charge is 0.310 e.